The lowest BCUT2D eigenvalue weighted by Gasteiger charge is -2.06. The van der Waals surface area contributed by atoms with E-state index in [0.717, 1.165) is 25.3 Å². The van der Waals surface area contributed by atoms with Crippen LogP contribution in [-0.2, 0) is 9.59 Å². The molecule has 0 radical (unpaired) electrons. The summed E-state index contributed by atoms with van der Waals surface area (Å²) in [6.07, 6.45) is 42.5. The summed E-state index contributed by atoms with van der Waals surface area (Å²) in [7, 11) is 0. The zero-order chi connectivity index (χ0) is 28.5. The fourth-order valence-corrected chi connectivity index (χ4v) is 5.49. The topological polar surface area (TPSA) is 70.0 Å². The number of isocyanates is 1. The van der Waals surface area contributed by atoms with E-state index in [2.05, 4.69) is 12.0 Å². The molecule has 230 valence electrons. The van der Waals surface area contributed by atoms with E-state index >= 15 is 0 Å². The van der Waals surface area contributed by atoms with Gasteiger partial charge >= 0.3 is 0 Å². The quantitative estimate of drug-likeness (QED) is 0.0297. The summed E-state index contributed by atoms with van der Waals surface area (Å²) in [4.78, 5) is 21.4. The molecule has 5 heteroatoms. The van der Waals surface area contributed by atoms with E-state index in [1.165, 1.54) is 173 Å². The molecule has 1 N–H and O–H groups in total. The molecular formula is C34H66N2O3. The van der Waals surface area contributed by atoms with Gasteiger partial charge in [-0.05, 0) is 6.42 Å². The van der Waals surface area contributed by atoms with Crippen LogP contribution in [0.25, 0.3) is 0 Å². The van der Waals surface area contributed by atoms with Crippen molar-refractivity contribution in [1.82, 2.24) is 5.17 Å². The molecule has 0 aromatic carbocycles. The van der Waals surface area contributed by atoms with E-state index in [1.54, 1.807) is 0 Å². The third kappa shape index (κ3) is 31.2. The normalized spacial score (nSPS) is 11.0. The number of carbonyl (C=O) groups excluding carboxylic acids is 2. The third-order valence-corrected chi connectivity index (χ3v) is 8.10. The zero-order valence-corrected chi connectivity index (χ0v) is 26.1. The van der Waals surface area contributed by atoms with Gasteiger partial charge in [-0.3, -0.25) is 10.0 Å². The second kappa shape index (κ2) is 33.0. The molecule has 0 unspecified atom stereocenters. The van der Waals surface area contributed by atoms with E-state index < -0.39 is 5.91 Å². The molecule has 0 spiro atoms. The van der Waals surface area contributed by atoms with Crippen LogP contribution >= 0.6 is 0 Å². The van der Waals surface area contributed by atoms with Crippen LogP contribution in [0.5, 0.6) is 0 Å². The van der Waals surface area contributed by atoms with Crippen LogP contribution < -0.4 is 0 Å². The Morgan fingerprint density at radius 1 is 0.487 bits per heavy atom. The molecule has 0 fully saturated rings. The Morgan fingerprint density at radius 3 is 0.949 bits per heavy atom. The Hall–Kier alpha value is -1.19. The number of hydroxylamine groups is 1. The maximum atomic E-state index is 11.4. The van der Waals surface area contributed by atoms with E-state index in [4.69, 9.17) is 5.21 Å². The highest BCUT2D eigenvalue weighted by Gasteiger charge is 2.08. The number of hydrogen-bond acceptors (Lipinski definition) is 4. The van der Waals surface area contributed by atoms with Gasteiger partial charge in [0.2, 0.25) is 0 Å². The molecule has 0 rings (SSSR count). The van der Waals surface area contributed by atoms with Crippen LogP contribution in [0.1, 0.15) is 206 Å². The largest absolute Gasteiger partial charge is 0.270 e. The van der Waals surface area contributed by atoms with E-state index in [0.29, 0.717) is 0 Å². The summed E-state index contributed by atoms with van der Waals surface area (Å²) in [5.41, 5.74) is 0. The zero-order valence-electron chi connectivity index (χ0n) is 26.1. The first-order valence-corrected chi connectivity index (χ1v) is 17.3. The molecule has 0 aromatic heterocycles. The van der Waals surface area contributed by atoms with Gasteiger partial charge in [-0.15, -0.1) is 0 Å². The van der Waals surface area contributed by atoms with Crippen LogP contribution in [0.4, 0.5) is 0 Å². The minimum atomic E-state index is -0.543. The molecule has 0 atom stereocenters. The van der Waals surface area contributed by atoms with Crippen molar-refractivity contribution < 1.29 is 14.8 Å². The van der Waals surface area contributed by atoms with Gasteiger partial charge in [-0.1, -0.05) is 203 Å². The van der Waals surface area contributed by atoms with Crippen LogP contribution in [0.2, 0.25) is 0 Å². The van der Waals surface area contributed by atoms with Crippen LogP contribution in [0.15, 0.2) is 5.10 Å². The fourth-order valence-electron chi connectivity index (χ4n) is 5.49. The van der Waals surface area contributed by atoms with Gasteiger partial charge in [0.25, 0.3) is 12.0 Å². The van der Waals surface area contributed by atoms with Gasteiger partial charge in [0, 0.05) is 6.42 Å². The Labute approximate surface area is 242 Å². The van der Waals surface area contributed by atoms with Gasteiger partial charge in [-0.25, -0.2) is 4.79 Å². The second-order valence-electron chi connectivity index (χ2n) is 11.9. The van der Waals surface area contributed by atoms with Crippen LogP contribution in [0.3, 0.4) is 0 Å². The van der Waals surface area contributed by atoms with Gasteiger partial charge in [0.05, 0.1) is 0 Å². The molecule has 0 aliphatic rings. The lowest BCUT2D eigenvalue weighted by atomic mass is 10.0. The van der Waals surface area contributed by atoms with Crippen molar-refractivity contribution in [3.8, 4) is 0 Å². The summed E-state index contributed by atoms with van der Waals surface area (Å²) in [5, 5.41) is 12.1. The van der Waals surface area contributed by atoms with Crippen molar-refractivity contribution in [2.24, 2.45) is 5.10 Å². The molecular weight excluding hydrogens is 484 g/mol. The molecule has 1 amide bonds. The fraction of sp³-hybridized carbons (Fsp3) is 0.941. The predicted octanol–water partition coefficient (Wildman–Crippen LogP) is 11.6. The maximum absolute atomic E-state index is 11.4. The SMILES string of the molecule is CCCCCCCCCCCCCCCCCCCCCCCCCCCCCCCCC(=O)N(O)N=C=O. The highest BCUT2D eigenvalue weighted by molar-refractivity contribution is 5.74. The van der Waals surface area contributed by atoms with Crippen molar-refractivity contribution in [1.29, 1.82) is 0 Å². The molecule has 0 aliphatic carbocycles. The number of hydrogen-bond donors (Lipinski definition) is 1. The Morgan fingerprint density at radius 2 is 0.718 bits per heavy atom. The van der Waals surface area contributed by atoms with Crippen LogP contribution in [0, 0.1) is 0 Å². The van der Waals surface area contributed by atoms with Crippen molar-refractivity contribution in [2.75, 3.05) is 0 Å². The number of carbonyl (C=O) groups is 1. The Balaban J connectivity index is 3.10. The predicted molar refractivity (Wildman–Crippen MR) is 166 cm³/mol. The summed E-state index contributed by atoms with van der Waals surface area (Å²) < 4.78 is 0. The highest BCUT2D eigenvalue weighted by Crippen LogP contribution is 2.16. The van der Waals surface area contributed by atoms with Crippen LogP contribution in [-0.4, -0.2) is 22.4 Å². The molecule has 0 aliphatic heterocycles. The maximum Gasteiger partial charge on any atom is 0.269 e. The number of unbranched alkanes of at least 4 members (excludes halogenated alkanes) is 29. The summed E-state index contributed by atoms with van der Waals surface area (Å²) >= 11 is 0. The Kier molecular flexibility index (Phi) is 32.0. The number of rotatable bonds is 32. The van der Waals surface area contributed by atoms with E-state index in [-0.39, 0.29) is 11.6 Å². The minimum Gasteiger partial charge on any atom is -0.270 e. The van der Waals surface area contributed by atoms with Crippen molar-refractivity contribution in [3.63, 3.8) is 0 Å². The van der Waals surface area contributed by atoms with Crippen molar-refractivity contribution in [2.45, 2.75) is 206 Å². The van der Waals surface area contributed by atoms with E-state index in [1.807, 2.05) is 0 Å². The van der Waals surface area contributed by atoms with Crippen molar-refractivity contribution in [3.05, 3.63) is 0 Å². The summed E-state index contributed by atoms with van der Waals surface area (Å²) in [6.45, 7) is 2.29. The molecule has 0 saturated heterocycles. The first-order valence-electron chi connectivity index (χ1n) is 17.3. The second-order valence-corrected chi connectivity index (χ2v) is 11.9. The Bertz CT molecular complexity index is 549. The minimum absolute atomic E-state index is 0.0923. The van der Waals surface area contributed by atoms with Gasteiger partial charge in [0.15, 0.2) is 0 Å². The number of nitrogens with zero attached hydrogens (tertiary/aromatic N) is 2. The molecule has 39 heavy (non-hydrogen) atoms. The molecule has 0 heterocycles. The monoisotopic (exact) mass is 551 g/mol. The average molecular weight is 551 g/mol. The summed E-state index contributed by atoms with van der Waals surface area (Å²) in [6, 6.07) is 0. The first kappa shape index (κ1) is 37.8. The van der Waals surface area contributed by atoms with E-state index in [9.17, 15) is 9.59 Å². The lowest BCUT2D eigenvalue weighted by molar-refractivity contribution is -0.165. The molecule has 0 saturated carbocycles. The molecule has 0 bridgehead atoms. The highest BCUT2D eigenvalue weighted by atomic mass is 16.5. The van der Waals surface area contributed by atoms with Gasteiger partial charge in [-0.2, -0.15) is 0 Å². The smallest absolute Gasteiger partial charge is 0.269 e. The summed E-state index contributed by atoms with van der Waals surface area (Å²) in [5.74, 6) is -0.543. The van der Waals surface area contributed by atoms with Crippen molar-refractivity contribution >= 4 is 12.0 Å². The van der Waals surface area contributed by atoms with Gasteiger partial charge < -0.3 is 0 Å². The number of amides is 1. The van der Waals surface area contributed by atoms with Gasteiger partial charge in [0.1, 0.15) is 0 Å². The molecule has 0 aromatic rings. The standard InChI is InChI=1S/C34H66N2O3/c1-2-3-4-5-6-7-8-9-10-11-12-13-14-15-16-17-18-19-20-21-22-23-24-25-26-27-28-29-30-31-32-34(38)36(39)35-33-37/h39H,2-32H2,1H3. The number of hydrazone groups is 1. The lowest BCUT2D eigenvalue weighted by Crippen LogP contribution is -2.20. The first-order chi connectivity index (χ1) is 19.2. The third-order valence-electron chi connectivity index (χ3n) is 8.10. The molecule has 5 nitrogen and oxygen atoms in total. The average Bonchev–Trinajstić information content (AvgIpc) is 2.94.